The molecule has 1 unspecified atom stereocenters. The van der Waals surface area contributed by atoms with E-state index in [-0.39, 0.29) is 0 Å². The standard InChI is InChI=1S/C12H17BrN2O/c1-9(10-4-7-16-8-5-10)15-12-11(13)3-2-6-14-12/h2-3,6,9-10H,4-5,7-8H2,1H3,(H,14,15). The van der Waals surface area contributed by atoms with E-state index >= 15 is 0 Å². The van der Waals surface area contributed by atoms with Crippen LogP contribution in [0.1, 0.15) is 19.8 Å². The Kier molecular flexibility index (Phi) is 4.18. The van der Waals surface area contributed by atoms with Gasteiger partial charge in [0.25, 0.3) is 0 Å². The van der Waals surface area contributed by atoms with Crippen molar-refractivity contribution in [1.29, 1.82) is 0 Å². The van der Waals surface area contributed by atoms with E-state index in [0.29, 0.717) is 12.0 Å². The topological polar surface area (TPSA) is 34.2 Å². The Bertz CT molecular complexity index is 340. The molecule has 4 heteroatoms. The zero-order valence-corrected chi connectivity index (χ0v) is 11.0. The number of anilines is 1. The molecule has 0 aliphatic carbocycles. The van der Waals surface area contributed by atoms with Crippen LogP contribution in [-0.4, -0.2) is 24.2 Å². The molecule has 3 nitrogen and oxygen atoms in total. The fraction of sp³-hybridized carbons (Fsp3) is 0.583. The Labute approximate surface area is 105 Å². The second-order valence-corrected chi connectivity index (χ2v) is 5.07. The minimum Gasteiger partial charge on any atom is -0.381 e. The molecule has 0 saturated carbocycles. The van der Waals surface area contributed by atoms with Gasteiger partial charge in [-0.05, 0) is 53.7 Å². The van der Waals surface area contributed by atoms with Crippen molar-refractivity contribution in [3.8, 4) is 0 Å². The van der Waals surface area contributed by atoms with E-state index in [1.165, 1.54) is 0 Å². The number of hydrogen-bond acceptors (Lipinski definition) is 3. The van der Waals surface area contributed by atoms with Crippen molar-refractivity contribution in [3.05, 3.63) is 22.8 Å². The van der Waals surface area contributed by atoms with E-state index < -0.39 is 0 Å². The summed E-state index contributed by atoms with van der Waals surface area (Å²) in [6, 6.07) is 4.37. The molecule has 1 aliphatic rings. The third-order valence-electron chi connectivity index (χ3n) is 3.10. The third kappa shape index (κ3) is 2.95. The van der Waals surface area contributed by atoms with Crippen LogP contribution in [0.4, 0.5) is 5.82 Å². The highest BCUT2D eigenvalue weighted by molar-refractivity contribution is 9.10. The number of halogens is 1. The summed E-state index contributed by atoms with van der Waals surface area (Å²) in [7, 11) is 0. The molecule has 16 heavy (non-hydrogen) atoms. The van der Waals surface area contributed by atoms with Gasteiger partial charge in [0, 0.05) is 25.5 Å². The number of nitrogens with one attached hydrogen (secondary N) is 1. The molecule has 1 N–H and O–H groups in total. The average molecular weight is 285 g/mol. The van der Waals surface area contributed by atoms with Gasteiger partial charge in [0.1, 0.15) is 5.82 Å². The normalized spacial score (nSPS) is 19.4. The third-order valence-corrected chi connectivity index (χ3v) is 3.74. The monoisotopic (exact) mass is 284 g/mol. The molecule has 1 aromatic rings. The Morgan fingerprint density at radius 1 is 1.50 bits per heavy atom. The predicted octanol–water partition coefficient (Wildman–Crippen LogP) is 3.07. The van der Waals surface area contributed by atoms with E-state index in [2.05, 4.69) is 33.2 Å². The molecule has 88 valence electrons. The van der Waals surface area contributed by atoms with E-state index in [9.17, 15) is 0 Å². The molecule has 1 fully saturated rings. The minimum atomic E-state index is 0.440. The zero-order valence-electron chi connectivity index (χ0n) is 9.45. The second-order valence-electron chi connectivity index (χ2n) is 4.22. The number of aromatic nitrogens is 1. The zero-order chi connectivity index (χ0) is 11.4. The van der Waals surface area contributed by atoms with Crippen molar-refractivity contribution in [1.82, 2.24) is 4.98 Å². The lowest BCUT2D eigenvalue weighted by molar-refractivity contribution is 0.0622. The molecule has 0 amide bonds. The summed E-state index contributed by atoms with van der Waals surface area (Å²) in [6.45, 7) is 4.00. The fourth-order valence-corrected chi connectivity index (χ4v) is 2.41. The first-order valence-electron chi connectivity index (χ1n) is 5.72. The quantitative estimate of drug-likeness (QED) is 0.926. The predicted molar refractivity (Wildman–Crippen MR) is 68.6 cm³/mol. The molecular weight excluding hydrogens is 268 g/mol. The summed E-state index contributed by atoms with van der Waals surface area (Å²) in [5.41, 5.74) is 0. The fourth-order valence-electron chi connectivity index (χ4n) is 2.04. The molecule has 1 atom stereocenters. The second kappa shape index (κ2) is 5.64. The maximum absolute atomic E-state index is 5.37. The minimum absolute atomic E-state index is 0.440. The number of pyridine rings is 1. The average Bonchev–Trinajstić information content (AvgIpc) is 2.33. The molecule has 2 heterocycles. The van der Waals surface area contributed by atoms with Gasteiger partial charge in [0.05, 0.1) is 4.47 Å². The SMILES string of the molecule is CC(Nc1ncccc1Br)C1CCOCC1. The van der Waals surface area contributed by atoms with Crippen LogP contribution in [0.5, 0.6) is 0 Å². The first-order chi connectivity index (χ1) is 7.77. The van der Waals surface area contributed by atoms with E-state index in [0.717, 1.165) is 36.3 Å². The van der Waals surface area contributed by atoms with Gasteiger partial charge >= 0.3 is 0 Å². The lowest BCUT2D eigenvalue weighted by Crippen LogP contribution is -2.31. The van der Waals surface area contributed by atoms with Gasteiger partial charge in [-0.2, -0.15) is 0 Å². The van der Waals surface area contributed by atoms with E-state index in [4.69, 9.17) is 4.74 Å². The van der Waals surface area contributed by atoms with Gasteiger partial charge < -0.3 is 10.1 Å². The number of hydrogen-bond donors (Lipinski definition) is 1. The number of rotatable bonds is 3. The van der Waals surface area contributed by atoms with Crippen molar-refractivity contribution in [3.63, 3.8) is 0 Å². The van der Waals surface area contributed by atoms with Crippen molar-refractivity contribution < 1.29 is 4.74 Å². The summed E-state index contributed by atoms with van der Waals surface area (Å²) in [6.07, 6.45) is 4.08. The van der Waals surface area contributed by atoms with Gasteiger partial charge in [0.15, 0.2) is 0 Å². The highest BCUT2D eigenvalue weighted by Gasteiger charge is 2.20. The largest absolute Gasteiger partial charge is 0.381 e. The van der Waals surface area contributed by atoms with Gasteiger partial charge in [-0.25, -0.2) is 4.98 Å². The van der Waals surface area contributed by atoms with Crippen LogP contribution >= 0.6 is 15.9 Å². The van der Waals surface area contributed by atoms with Crippen molar-refractivity contribution in [2.45, 2.75) is 25.8 Å². The molecule has 0 aromatic carbocycles. The molecule has 0 bridgehead atoms. The van der Waals surface area contributed by atoms with Crippen LogP contribution in [0.3, 0.4) is 0 Å². The van der Waals surface area contributed by atoms with Crippen LogP contribution in [0, 0.1) is 5.92 Å². The van der Waals surface area contributed by atoms with Crippen molar-refractivity contribution in [2.75, 3.05) is 18.5 Å². The highest BCUT2D eigenvalue weighted by atomic mass is 79.9. The Morgan fingerprint density at radius 3 is 2.94 bits per heavy atom. The van der Waals surface area contributed by atoms with E-state index in [1.807, 2.05) is 18.3 Å². The maximum atomic E-state index is 5.37. The maximum Gasteiger partial charge on any atom is 0.140 e. The van der Waals surface area contributed by atoms with Gasteiger partial charge in [-0.1, -0.05) is 0 Å². The molecular formula is C12H17BrN2O. The molecule has 0 radical (unpaired) electrons. The van der Waals surface area contributed by atoms with Crippen LogP contribution in [-0.2, 0) is 4.74 Å². The molecule has 1 aromatic heterocycles. The summed E-state index contributed by atoms with van der Waals surface area (Å²) in [4.78, 5) is 4.32. The summed E-state index contributed by atoms with van der Waals surface area (Å²) < 4.78 is 6.39. The van der Waals surface area contributed by atoms with E-state index in [1.54, 1.807) is 0 Å². The van der Waals surface area contributed by atoms with Crippen molar-refractivity contribution >= 4 is 21.7 Å². The molecule has 2 rings (SSSR count). The molecule has 0 spiro atoms. The number of ether oxygens (including phenoxy) is 1. The lowest BCUT2D eigenvalue weighted by atomic mass is 9.93. The van der Waals surface area contributed by atoms with Crippen LogP contribution < -0.4 is 5.32 Å². The van der Waals surface area contributed by atoms with Gasteiger partial charge in [0.2, 0.25) is 0 Å². The van der Waals surface area contributed by atoms with Crippen LogP contribution in [0.15, 0.2) is 22.8 Å². The van der Waals surface area contributed by atoms with Crippen LogP contribution in [0.25, 0.3) is 0 Å². The van der Waals surface area contributed by atoms with Gasteiger partial charge in [-0.3, -0.25) is 0 Å². The van der Waals surface area contributed by atoms with Crippen molar-refractivity contribution in [2.24, 2.45) is 5.92 Å². The highest BCUT2D eigenvalue weighted by Crippen LogP contribution is 2.24. The first kappa shape index (κ1) is 11.9. The Balaban J connectivity index is 1.96. The summed E-state index contributed by atoms with van der Waals surface area (Å²) in [5, 5.41) is 3.47. The summed E-state index contributed by atoms with van der Waals surface area (Å²) in [5.74, 6) is 1.61. The smallest absolute Gasteiger partial charge is 0.140 e. The van der Waals surface area contributed by atoms with Crippen LogP contribution in [0.2, 0.25) is 0 Å². The lowest BCUT2D eigenvalue weighted by Gasteiger charge is -2.28. The Hall–Kier alpha value is -0.610. The molecule has 1 aliphatic heterocycles. The summed E-state index contributed by atoms with van der Waals surface area (Å²) >= 11 is 3.50. The number of nitrogens with zero attached hydrogens (tertiary/aromatic N) is 1. The van der Waals surface area contributed by atoms with Gasteiger partial charge in [-0.15, -0.1) is 0 Å². The Morgan fingerprint density at radius 2 is 2.25 bits per heavy atom. The molecule has 1 saturated heterocycles. The first-order valence-corrected chi connectivity index (χ1v) is 6.51.